The summed E-state index contributed by atoms with van der Waals surface area (Å²) in [4.78, 5) is 56.1. The van der Waals surface area contributed by atoms with Gasteiger partial charge < -0.3 is 35.9 Å². The molecule has 11 heteroatoms. The van der Waals surface area contributed by atoms with Crippen molar-refractivity contribution in [2.24, 2.45) is 0 Å². The first-order valence-electron chi connectivity index (χ1n) is 17.6. The van der Waals surface area contributed by atoms with Gasteiger partial charge in [-0.05, 0) is 100 Å². The number of benzene rings is 6. The third-order valence-corrected chi connectivity index (χ3v) is 9.30. The predicted molar refractivity (Wildman–Crippen MR) is 225 cm³/mol. The van der Waals surface area contributed by atoms with Crippen molar-refractivity contribution < 1.29 is 24.9 Å². The Morgan fingerprint density at radius 1 is 0.446 bits per heavy atom. The molecule has 0 aliphatic carbocycles. The van der Waals surface area contributed by atoms with E-state index >= 15 is 0 Å². The Labute approximate surface area is 320 Å². The van der Waals surface area contributed by atoms with Crippen LogP contribution in [0.3, 0.4) is 0 Å². The number of aliphatic hydroxyl groups is 1. The molecule has 0 unspecified atom stereocenters. The van der Waals surface area contributed by atoms with Crippen molar-refractivity contribution in [3.8, 4) is 0 Å². The quantitative estimate of drug-likeness (QED) is 0.0815. The first-order valence-corrected chi connectivity index (χ1v) is 17.6. The molecule has 8 aromatic rings. The molecule has 0 fully saturated rings. The van der Waals surface area contributed by atoms with Crippen molar-refractivity contribution >= 4 is 78.3 Å². The molecule has 0 radical (unpaired) electrons. The fraction of sp³-hybridized carbons (Fsp3) is 0.111. The Morgan fingerprint density at radius 2 is 0.768 bits per heavy atom. The summed E-state index contributed by atoms with van der Waals surface area (Å²) < 4.78 is 0. The highest BCUT2D eigenvalue weighted by Crippen LogP contribution is 2.31. The summed E-state index contributed by atoms with van der Waals surface area (Å²) in [5.74, 6) is -2.31. The lowest BCUT2D eigenvalue weighted by Crippen LogP contribution is -2.09. The summed E-state index contributed by atoms with van der Waals surface area (Å²) in [5.41, 5.74) is 8.78. The summed E-state index contributed by atoms with van der Waals surface area (Å²) in [6.45, 7) is 7.82. The van der Waals surface area contributed by atoms with Gasteiger partial charge in [-0.2, -0.15) is 0 Å². The van der Waals surface area contributed by atoms with Gasteiger partial charge in [0.2, 0.25) is 0 Å². The molecule has 6 aromatic carbocycles. The molecule has 0 saturated heterocycles. The molecule has 0 spiro atoms. The highest BCUT2D eigenvalue weighted by Gasteiger charge is 2.19. The van der Waals surface area contributed by atoms with Crippen molar-refractivity contribution in [1.82, 2.24) is 9.97 Å². The summed E-state index contributed by atoms with van der Waals surface area (Å²) in [5, 5.41) is 34.8. The van der Waals surface area contributed by atoms with E-state index in [0.29, 0.717) is 44.0 Å². The zero-order valence-corrected chi connectivity index (χ0v) is 31.4. The lowest BCUT2D eigenvalue weighted by molar-refractivity contribution is 0.0683. The Hall–Kier alpha value is -7.24. The zero-order chi connectivity index (χ0) is 40.3. The van der Waals surface area contributed by atoms with Gasteiger partial charge in [-0.15, -0.1) is 0 Å². The van der Waals surface area contributed by atoms with Gasteiger partial charge in [0.25, 0.3) is 0 Å². The van der Waals surface area contributed by atoms with E-state index < -0.39 is 11.9 Å². The molecular weight excluding hydrogens is 709 g/mol. The summed E-state index contributed by atoms with van der Waals surface area (Å²) in [6, 6.07) is 32.5. The van der Waals surface area contributed by atoms with Gasteiger partial charge in [0, 0.05) is 51.1 Å². The van der Waals surface area contributed by atoms with Crippen molar-refractivity contribution in [2.75, 3.05) is 17.7 Å². The standard InChI is InChI=1S/C22H20N2O4.C22H16N2O2.CH4O/c1-13-3-7-15(8-4-13)23-19-11-18(22(27)28)20(12-17(19)21(25)26)24-16-9-5-14(2)6-10-16;1-11-3-5-17-13(7-11)21(25)15-9-20-16(10-19(15)23-17)22(26)14-8-12(2)4-6-18(14)24-20;1-2/h3-12,23-24H,1-2H3,(H,25,26)(H,27,28);3-10H,1-2H3,(H,23,25)(H,24,26);2H,1H3. The third-order valence-electron chi connectivity index (χ3n) is 9.30. The molecular formula is C45H40N4O7. The monoisotopic (exact) mass is 748 g/mol. The molecule has 56 heavy (non-hydrogen) atoms. The SMILES string of the molecule is CO.Cc1ccc(Nc2cc(C(=O)O)c(Nc3ccc(C)cc3)cc2C(=O)O)cc1.Cc1ccc2[nH]c3cc4c(=O)c5cc(C)ccc5[nH]c4cc3c(=O)c2c1. The number of aromatic carboxylic acids is 2. The number of pyridine rings is 2. The largest absolute Gasteiger partial charge is 0.478 e. The molecule has 0 aliphatic rings. The van der Waals surface area contributed by atoms with E-state index in [-0.39, 0.29) is 33.4 Å². The van der Waals surface area contributed by atoms with Gasteiger partial charge in [-0.3, -0.25) is 9.59 Å². The molecule has 7 N–H and O–H groups in total. The number of carbonyl (C=O) groups is 2. The van der Waals surface area contributed by atoms with Crippen molar-refractivity contribution in [3.05, 3.63) is 163 Å². The van der Waals surface area contributed by atoms with E-state index in [2.05, 4.69) is 20.6 Å². The number of carboxylic acids is 2. The van der Waals surface area contributed by atoms with E-state index in [9.17, 15) is 29.4 Å². The molecule has 8 rings (SSSR count). The number of H-pyrrole nitrogens is 2. The van der Waals surface area contributed by atoms with E-state index in [1.165, 1.54) is 12.1 Å². The van der Waals surface area contributed by atoms with Crippen LogP contribution in [0, 0.1) is 27.7 Å². The van der Waals surface area contributed by atoms with E-state index in [4.69, 9.17) is 5.11 Å². The number of hydrogen-bond acceptors (Lipinski definition) is 7. The number of aliphatic hydroxyl groups excluding tert-OH is 1. The fourth-order valence-corrected chi connectivity index (χ4v) is 6.42. The highest BCUT2D eigenvalue weighted by atomic mass is 16.4. The van der Waals surface area contributed by atoms with Gasteiger partial charge in [-0.1, -0.05) is 58.7 Å². The number of aromatic amines is 2. The van der Waals surface area contributed by atoms with Crippen molar-refractivity contribution in [2.45, 2.75) is 27.7 Å². The Bertz CT molecular complexity index is 2710. The number of fused-ring (bicyclic) bond motifs is 4. The maximum absolute atomic E-state index is 13.0. The van der Waals surface area contributed by atoms with Gasteiger partial charge in [-0.25, -0.2) is 9.59 Å². The van der Waals surface area contributed by atoms with Gasteiger partial charge >= 0.3 is 11.9 Å². The fourth-order valence-electron chi connectivity index (χ4n) is 6.42. The molecule has 282 valence electrons. The van der Waals surface area contributed by atoms with Gasteiger partial charge in [0.05, 0.1) is 33.5 Å². The van der Waals surface area contributed by atoms with E-state index in [1.807, 2.05) is 88.4 Å². The summed E-state index contributed by atoms with van der Waals surface area (Å²) >= 11 is 0. The first kappa shape index (κ1) is 38.5. The number of aromatic nitrogens is 2. The Morgan fingerprint density at radius 3 is 1.11 bits per heavy atom. The van der Waals surface area contributed by atoms with Crippen LogP contribution in [0.4, 0.5) is 22.7 Å². The Kier molecular flexibility index (Phi) is 11.0. The highest BCUT2D eigenvalue weighted by molar-refractivity contribution is 6.04. The van der Waals surface area contributed by atoms with Crippen LogP contribution in [0.2, 0.25) is 0 Å². The molecule has 0 bridgehead atoms. The number of anilines is 4. The first-order chi connectivity index (χ1) is 26.8. The topological polar surface area (TPSA) is 185 Å². The van der Waals surface area contributed by atoms with Crippen LogP contribution in [-0.2, 0) is 0 Å². The molecule has 2 heterocycles. The van der Waals surface area contributed by atoms with Crippen molar-refractivity contribution in [1.29, 1.82) is 0 Å². The number of aryl methyl sites for hydroxylation is 4. The van der Waals surface area contributed by atoms with Crippen LogP contribution in [0.5, 0.6) is 0 Å². The number of nitrogens with one attached hydrogen (secondary N) is 4. The minimum absolute atomic E-state index is 0.0239. The molecule has 2 aromatic heterocycles. The van der Waals surface area contributed by atoms with Crippen LogP contribution in [0.15, 0.2) is 119 Å². The van der Waals surface area contributed by atoms with Gasteiger partial charge in [0.1, 0.15) is 0 Å². The molecule has 0 atom stereocenters. The van der Waals surface area contributed by atoms with Crippen LogP contribution in [-0.4, -0.2) is 44.3 Å². The van der Waals surface area contributed by atoms with E-state index in [1.54, 1.807) is 36.4 Å². The van der Waals surface area contributed by atoms with Crippen LogP contribution in [0.25, 0.3) is 43.6 Å². The average molecular weight is 749 g/mol. The predicted octanol–water partition coefficient (Wildman–Crippen LogP) is 9.09. The molecule has 11 nitrogen and oxygen atoms in total. The maximum atomic E-state index is 13.0. The van der Waals surface area contributed by atoms with E-state index in [0.717, 1.165) is 40.4 Å². The lowest BCUT2D eigenvalue weighted by Gasteiger charge is -2.16. The second-order valence-corrected chi connectivity index (χ2v) is 13.5. The van der Waals surface area contributed by atoms with Crippen molar-refractivity contribution in [3.63, 3.8) is 0 Å². The lowest BCUT2D eigenvalue weighted by atomic mass is 10.0. The Balaban J connectivity index is 0.000000182. The second-order valence-electron chi connectivity index (χ2n) is 13.5. The average Bonchev–Trinajstić information content (AvgIpc) is 3.18. The molecule has 0 amide bonds. The number of hydrogen-bond donors (Lipinski definition) is 7. The minimum Gasteiger partial charge on any atom is -0.478 e. The number of carboxylic acid groups (broad SMARTS) is 2. The second kappa shape index (κ2) is 16.0. The third kappa shape index (κ3) is 7.98. The molecule has 0 saturated carbocycles. The van der Waals surface area contributed by atoms with Crippen LogP contribution >= 0.6 is 0 Å². The van der Waals surface area contributed by atoms with Crippen LogP contribution < -0.4 is 21.5 Å². The zero-order valence-electron chi connectivity index (χ0n) is 31.4. The smallest absolute Gasteiger partial charge is 0.337 e. The minimum atomic E-state index is -1.15. The summed E-state index contributed by atoms with van der Waals surface area (Å²) in [7, 11) is 1.00. The maximum Gasteiger partial charge on any atom is 0.337 e. The summed E-state index contributed by atoms with van der Waals surface area (Å²) in [6.07, 6.45) is 0. The number of rotatable bonds is 6. The van der Waals surface area contributed by atoms with Gasteiger partial charge in [0.15, 0.2) is 10.9 Å². The van der Waals surface area contributed by atoms with Crippen LogP contribution in [0.1, 0.15) is 43.0 Å². The normalized spacial score (nSPS) is 10.8. The molecule has 0 aliphatic heterocycles.